The number of carbonyl (C=O) groups is 1. The molecule has 4 rings (SSSR count). The number of benzene rings is 2. The van der Waals surface area contributed by atoms with Gasteiger partial charge in [0.25, 0.3) is 5.91 Å². The van der Waals surface area contributed by atoms with Crippen LogP contribution in [0.25, 0.3) is 0 Å². The van der Waals surface area contributed by atoms with E-state index in [0.29, 0.717) is 30.2 Å². The van der Waals surface area contributed by atoms with E-state index in [1.807, 2.05) is 42.5 Å². The van der Waals surface area contributed by atoms with E-state index in [0.717, 1.165) is 22.6 Å². The normalized spacial score (nSPS) is 11.8. The number of methoxy groups -OCH3 is 1. The van der Waals surface area contributed by atoms with Gasteiger partial charge in [0.15, 0.2) is 11.5 Å². The van der Waals surface area contributed by atoms with E-state index >= 15 is 0 Å². The second-order valence-electron chi connectivity index (χ2n) is 6.50. The first-order chi connectivity index (χ1) is 14.2. The average molecular weight is 391 g/mol. The van der Waals surface area contributed by atoms with E-state index in [2.05, 4.69) is 15.6 Å². The van der Waals surface area contributed by atoms with Crippen LogP contribution in [0.15, 0.2) is 60.8 Å². The Morgan fingerprint density at radius 1 is 1.00 bits per heavy atom. The number of carbonyl (C=O) groups excluding carboxylic acids is 1. The van der Waals surface area contributed by atoms with Crippen molar-refractivity contribution in [3.8, 4) is 17.2 Å². The zero-order valence-corrected chi connectivity index (χ0v) is 16.0. The van der Waals surface area contributed by atoms with Crippen molar-refractivity contribution in [3.63, 3.8) is 0 Å². The molecule has 0 saturated carbocycles. The van der Waals surface area contributed by atoms with Crippen LogP contribution in [-0.4, -0.2) is 24.8 Å². The Kier molecular flexibility index (Phi) is 5.47. The molecule has 148 valence electrons. The Labute approximate surface area is 168 Å². The van der Waals surface area contributed by atoms with Crippen LogP contribution in [0, 0.1) is 0 Å². The third-order valence-corrected chi connectivity index (χ3v) is 4.54. The molecule has 2 heterocycles. The number of anilines is 1. The summed E-state index contributed by atoms with van der Waals surface area (Å²) in [4.78, 5) is 16.8. The summed E-state index contributed by atoms with van der Waals surface area (Å²) in [6.45, 7) is 1.22. The summed E-state index contributed by atoms with van der Waals surface area (Å²) in [5.41, 5.74) is 2.57. The number of rotatable bonds is 7. The molecule has 3 aromatic rings. The molecule has 0 spiro atoms. The largest absolute Gasteiger partial charge is 0.497 e. The number of hydrogen-bond donors (Lipinski definition) is 2. The zero-order chi connectivity index (χ0) is 20.1. The molecule has 1 amide bonds. The molecule has 7 heteroatoms. The summed E-state index contributed by atoms with van der Waals surface area (Å²) >= 11 is 0. The first kappa shape index (κ1) is 18.6. The molecule has 1 aliphatic rings. The molecule has 1 aromatic heterocycles. The smallest absolute Gasteiger partial charge is 0.251 e. The standard InChI is InChI=1S/C22H21N3O4/c1-27-18-5-2-15(3-6-18)12-24-21-11-17(8-9-23-21)22(26)25-13-16-4-7-19-20(10-16)29-14-28-19/h2-11H,12-14H2,1H3,(H,23,24)(H,25,26). The van der Waals surface area contributed by atoms with E-state index in [1.165, 1.54) is 0 Å². The van der Waals surface area contributed by atoms with Crippen LogP contribution in [-0.2, 0) is 13.1 Å². The number of nitrogens with one attached hydrogen (secondary N) is 2. The number of amides is 1. The quantitative estimate of drug-likeness (QED) is 0.643. The molecule has 0 unspecified atom stereocenters. The Bertz CT molecular complexity index is 1010. The molecule has 1 aliphatic heterocycles. The average Bonchev–Trinajstić information content (AvgIpc) is 3.24. The molecule has 2 aromatic carbocycles. The molecule has 2 N–H and O–H groups in total. The SMILES string of the molecule is COc1ccc(CNc2cc(C(=O)NCc3ccc4c(c3)OCO4)ccn2)cc1. The highest BCUT2D eigenvalue weighted by molar-refractivity contribution is 5.94. The highest BCUT2D eigenvalue weighted by atomic mass is 16.7. The molecule has 0 aliphatic carbocycles. The fourth-order valence-electron chi connectivity index (χ4n) is 2.94. The minimum Gasteiger partial charge on any atom is -0.497 e. The van der Waals surface area contributed by atoms with Crippen molar-refractivity contribution in [2.45, 2.75) is 13.1 Å². The molecule has 0 bridgehead atoms. The van der Waals surface area contributed by atoms with Gasteiger partial charge in [-0.1, -0.05) is 18.2 Å². The Morgan fingerprint density at radius 2 is 1.79 bits per heavy atom. The van der Waals surface area contributed by atoms with Crippen LogP contribution in [0.5, 0.6) is 17.2 Å². The maximum atomic E-state index is 12.5. The fraction of sp³-hybridized carbons (Fsp3) is 0.182. The minimum atomic E-state index is -0.169. The number of pyridine rings is 1. The molecular formula is C22H21N3O4. The molecule has 7 nitrogen and oxygen atoms in total. The van der Waals surface area contributed by atoms with E-state index in [9.17, 15) is 4.79 Å². The Balaban J connectivity index is 1.34. The van der Waals surface area contributed by atoms with Crippen LogP contribution < -0.4 is 24.8 Å². The van der Waals surface area contributed by atoms with Crippen molar-refractivity contribution in [1.29, 1.82) is 0 Å². The third-order valence-electron chi connectivity index (χ3n) is 4.54. The first-order valence-corrected chi connectivity index (χ1v) is 9.21. The fourth-order valence-corrected chi connectivity index (χ4v) is 2.94. The third kappa shape index (κ3) is 4.57. The predicted octanol–water partition coefficient (Wildman–Crippen LogP) is 3.36. The Hall–Kier alpha value is -3.74. The van der Waals surface area contributed by atoms with Crippen molar-refractivity contribution in [3.05, 3.63) is 77.5 Å². The van der Waals surface area contributed by atoms with Crippen LogP contribution >= 0.6 is 0 Å². The van der Waals surface area contributed by atoms with Crippen molar-refractivity contribution in [2.75, 3.05) is 19.2 Å². The lowest BCUT2D eigenvalue weighted by molar-refractivity contribution is 0.0950. The second kappa shape index (κ2) is 8.52. The van der Waals surface area contributed by atoms with Gasteiger partial charge in [-0.2, -0.15) is 0 Å². The first-order valence-electron chi connectivity index (χ1n) is 9.21. The predicted molar refractivity (Wildman–Crippen MR) is 108 cm³/mol. The molecule has 0 radical (unpaired) electrons. The van der Waals surface area contributed by atoms with E-state index in [1.54, 1.807) is 25.4 Å². The zero-order valence-electron chi connectivity index (χ0n) is 16.0. The molecule has 29 heavy (non-hydrogen) atoms. The summed E-state index contributed by atoms with van der Waals surface area (Å²) in [5.74, 6) is 2.70. The van der Waals surface area contributed by atoms with Crippen LogP contribution in [0.3, 0.4) is 0 Å². The van der Waals surface area contributed by atoms with Gasteiger partial charge in [-0.25, -0.2) is 4.98 Å². The lowest BCUT2D eigenvalue weighted by atomic mass is 10.2. The number of hydrogen-bond acceptors (Lipinski definition) is 6. The maximum Gasteiger partial charge on any atom is 0.251 e. The van der Waals surface area contributed by atoms with Gasteiger partial charge in [-0.15, -0.1) is 0 Å². The lowest BCUT2D eigenvalue weighted by Gasteiger charge is -2.09. The van der Waals surface area contributed by atoms with E-state index < -0.39 is 0 Å². The van der Waals surface area contributed by atoms with Crippen molar-refractivity contribution >= 4 is 11.7 Å². The van der Waals surface area contributed by atoms with Gasteiger partial charge in [-0.05, 0) is 47.5 Å². The van der Waals surface area contributed by atoms with Gasteiger partial charge in [-0.3, -0.25) is 4.79 Å². The van der Waals surface area contributed by atoms with Crippen LogP contribution in [0.1, 0.15) is 21.5 Å². The highest BCUT2D eigenvalue weighted by Gasteiger charge is 2.14. The molecule has 0 fully saturated rings. The number of aromatic nitrogens is 1. The summed E-state index contributed by atoms with van der Waals surface area (Å²) in [6, 6.07) is 16.8. The van der Waals surface area contributed by atoms with Gasteiger partial charge in [0.2, 0.25) is 6.79 Å². The Morgan fingerprint density at radius 3 is 2.62 bits per heavy atom. The van der Waals surface area contributed by atoms with E-state index in [-0.39, 0.29) is 12.7 Å². The van der Waals surface area contributed by atoms with Crippen molar-refractivity contribution in [1.82, 2.24) is 10.3 Å². The van der Waals surface area contributed by atoms with Gasteiger partial charge in [0, 0.05) is 24.8 Å². The summed E-state index contributed by atoms with van der Waals surface area (Å²) in [7, 11) is 1.64. The van der Waals surface area contributed by atoms with Crippen LogP contribution in [0.4, 0.5) is 5.82 Å². The summed E-state index contributed by atoms with van der Waals surface area (Å²) < 4.78 is 15.8. The van der Waals surface area contributed by atoms with Gasteiger partial charge >= 0.3 is 0 Å². The molecule has 0 atom stereocenters. The second-order valence-corrected chi connectivity index (χ2v) is 6.50. The number of nitrogens with zero attached hydrogens (tertiary/aromatic N) is 1. The van der Waals surface area contributed by atoms with Crippen molar-refractivity contribution < 1.29 is 19.0 Å². The minimum absolute atomic E-state index is 0.169. The van der Waals surface area contributed by atoms with Gasteiger partial charge < -0.3 is 24.8 Å². The van der Waals surface area contributed by atoms with E-state index in [4.69, 9.17) is 14.2 Å². The summed E-state index contributed by atoms with van der Waals surface area (Å²) in [6.07, 6.45) is 1.62. The van der Waals surface area contributed by atoms with Gasteiger partial charge in [0.1, 0.15) is 11.6 Å². The summed E-state index contributed by atoms with van der Waals surface area (Å²) in [5, 5.41) is 6.15. The molecular weight excluding hydrogens is 370 g/mol. The molecule has 0 saturated heterocycles. The van der Waals surface area contributed by atoms with Crippen molar-refractivity contribution in [2.24, 2.45) is 0 Å². The topological polar surface area (TPSA) is 81.7 Å². The van der Waals surface area contributed by atoms with Crippen LogP contribution in [0.2, 0.25) is 0 Å². The lowest BCUT2D eigenvalue weighted by Crippen LogP contribution is -2.23. The monoisotopic (exact) mass is 391 g/mol. The highest BCUT2D eigenvalue weighted by Crippen LogP contribution is 2.32. The number of fused-ring (bicyclic) bond motifs is 1. The number of ether oxygens (including phenoxy) is 3. The maximum absolute atomic E-state index is 12.5. The van der Waals surface area contributed by atoms with Gasteiger partial charge in [0.05, 0.1) is 7.11 Å².